The van der Waals surface area contributed by atoms with Gasteiger partial charge in [0.05, 0.1) is 11.1 Å². The molecule has 0 N–H and O–H groups in total. The van der Waals surface area contributed by atoms with Crippen LogP contribution in [0.15, 0.2) is 72.8 Å². The summed E-state index contributed by atoms with van der Waals surface area (Å²) in [4.78, 5) is -0.0470. The predicted octanol–water partition coefficient (Wildman–Crippen LogP) is 5.48. The molecule has 0 bridgehead atoms. The molecule has 28 heavy (non-hydrogen) atoms. The summed E-state index contributed by atoms with van der Waals surface area (Å²) in [5.41, 5.74) is 2.31. The third-order valence-corrected chi connectivity index (χ3v) is 4.72. The molecule has 0 spiro atoms. The summed E-state index contributed by atoms with van der Waals surface area (Å²) in [6, 6.07) is 12.1. The Labute approximate surface area is 167 Å². The third-order valence-electron chi connectivity index (χ3n) is 3.18. The molecule has 0 radical (unpaired) electrons. The molecule has 0 aliphatic carbocycles. The standard InChI is InChI=1S/C15H12FN3O2S.2C2H6.C2H4/c1-11-2-4-12(5-3-11)15-10-19(18-17-15)22(20,21)14-8-6-13(16)7-9-14;3*1-2/h2-10H,1H3;2*1-2H3;1-2H2. The fourth-order valence-corrected chi connectivity index (χ4v) is 3.00. The van der Waals surface area contributed by atoms with Crippen molar-refractivity contribution in [1.29, 1.82) is 0 Å². The highest BCUT2D eigenvalue weighted by Crippen LogP contribution is 2.19. The van der Waals surface area contributed by atoms with Crippen molar-refractivity contribution in [2.24, 2.45) is 0 Å². The van der Waals surface area contributed by atoms with Gasteiger partial charge in [0.15, 0.2) is 0 Å². The maximum Gasteiger partial charge on any atom is 0.284 e. The summed E-state index contributed by atoms with van der Waals surface area (Å²) >= 11 is 0. The highest BCUT2D eigenvalue weighted by molar-refractivity contribution is 7.89. The van der Waals surface area contributed by atoms with Gasteiger partial charge in [-0.25, -0.2) is 4.39 Å². The molecular weight excluding hydrogens is 377 g/mol. The van der Waals surface area contributed by atoms with Crippen LogP contribution in [0.3, 0.4) is 0 Å². The number of aromatic nitrogens is 3. The van der Waals surface area contributed by atoms with Gasteiger partial charge < -0.3 is 0 Å². The lowest BCUT2D eigenvalue weighted by molar-refractivity contribution is 0.576. The van der Waals surface area contributed by atoms with Crippen molar-refractivity contribution < 1.29 is 12.8 Å². The zero-order valence-corrected chi connectivity index (χ0v) is 17.9. The highest BCUT2D eigenvalue weighted by atomic mass is 32.2. The minimum Gasteiger partial charge on any atom is -0.207 e. The Balaban J connectivity index is 0.00000111. The van der Waals surface area contributed by atoms with Gasteiger partial charge in [0, 0.05) is 5.56 Å². The maximum absolute atomic E-state index is 12.9. The van der Waals surface area contributed by atoms with Crippen LogP contribution < -0.4 is 0 Å². The number of hydrogen-bond donors (Lipinski definition) is 0. The summed E-state index contributed by atoms with van der Waals surface area (Å²) in [6.07, 6.45) is 1.34. The second kappa shape index (κ2) is 12.6. The molecule has 152 valence electrons. The fourth-order valence-electron chi connectivity index (χ4n) is 1.94. The summed E-state index contributed by atoms with van der Waals surface area (Å²) < 4.78 is 38.5. The van der Waals surface area contributed by atoms with Crippen molar-refractivity contribution >= 4 is 10.0 Å². The first-order valence-electron chi connectivity index (χ1n) is 8.97. The van der Waals surface area contributed by atoms with Crippen LogP contribution in [-0.4, -0.2) is 22.8 Å². The van der Waals surface area contributed by atoms with Crippen LogP contribution in [0.2, 0.25) is 0 Å². The minimum atomic E-state index is -3.87. The Hall–Kier alpha value is -2.80. The lowest BCUT2D eigenvalue weighted by Crippen LogP contribution is -2.13. The molecule has 2 aromatic carbocycles. The molecule has 1 heterocycles. The van der Waals surface area contributed by atoms with E-state index in [1.807, 2.05) is 58.9 Å². The van der Waals surface area contributed by atoms with E-state index in [-0.39, 0.29) is 4.90 Å². The smallest absolute Gasteiger partial charge is 0.207 e. The van der Waals surface area contributed by atoms with Crippen LogP contribution >= 0.6 is 0 Å². The van der Waals surface area contributed by atoms with E-state index in [9.17, 15) is 12.8 Å². The van der Waals surface area contributed by atoms with Gasteiger partial charge in [-0.1, -0.05) is 62.7 Å². The SMILES string of the molecule is C=C.CC.CC.Cc1ccc(-c2cn(S(=O)(=O)c3ccc(F)cc3)nn2)cc1. The molecule has 1 aromatic heterocycles. The van der Waals surface area contributed by atoms with E-state index in [0.29, 0.717) is 5.69 Å². The largest absolute Gasteiger partial charge is 0.284 e. The normalized spacial score (nSPS) is 9.64. The second-order valence-corrected chi connectivity index (χ2v) is 6.60. The van der Waals surface area contributed by atoms with E-state index in [1.54, 1.807) is 0 Å². The summed E-state index contributed by atoms with van der Waals surface area (Å²) in [5, 5.41) is 7.56. The van der Waals surface area contributed by atoms with Gasteiger partial charge >= 0.3 is 0 Å². The van der Waals surface area contributed by atoms with E-state index in [1.165, 1.54) is 18.3 Å². The number of halogens is 1. The first-order valence-corrected chi connectivity index (χ1v) is 10.4. The van der Waals surface area contributed by atoms with Gasteiger partial charge in [-0.05, 0) is 31.2 Å². The Morgan fingerprint density at radius 1 is 0.893 bits per heavy atom. The van der Waals surface area contributed by atoms with E-state index >= 15 is 0 Å². The molecule has 0 saturated carbocycles. The quantitative estimate of drug-likeness (QED) is 0.541. The fraction of sp³-hybridized carbons (Fsp3) is 0.238. The Bertz CT molecular complexity index is 919. The predicted molar refractivity (Wildman–Crippen MR) is 113 cm³/mol. The van der Waals surface area contributed by atoms with Crippen molar-refractivity contribution in [3.63, 3.8) is 0 Å². The monoisotopic (exact) mass is 405 g/mol. The van der Waals surface area contributed by atoms with E-state index in [4.69, 9.17) is 0 Å². The van der Waals surface area contributed by atoms with Crippen LogP contribution in [0.4, 0.5) is 4.39 Å². The third kappa shape index (κ3) is 6.42. The highest BCUT2D eigenvalue weighted by Gasteiger charge is 2.19. The number of benzene rings is 2. The van der Waals surface area contributed by atoms with Crippen LogP contribution in [0.25, 0.3) is 11.3 Å². The van der Waals surface area contributed by atoms with Gasteiger partial charge in [0.2, 0.25) is 0 Å². The lowest BCUT2D eigenvalue weighted by Gasteiger charge is -2.02. The van der Waals surface area contributed by atoms with Crippen molar-refractivity contribution in [3.05, 3.63) is 79.3 Å². The number of nitrogens with zero attached hydrogens (tertiary/aromatic N) is 3. The van der Waals surface area contributed by atoms with Gasteiger partial charge in [0.1, 0.15) is 11.5 Å². The van der Waals surface area contributed by atoms with Crippen LogP contribution in [0.5, 0.6) is 0 Å². The van der Waals surface area contributed by atoms with Crippen molar-refractivity contribution in [2.75, 3.05) is 0 Å². The van der Waals surface area contributed by atoms with Gasteiger partial charge in [-0.2, -0.15) is 8.42 Å². The van der Waals surface area contributed by atoms with Crippen LogP contribution in [-0.2, 0) is 10.0 Å². The number of rotatable bonds is 3. The van der Waals surface area contributed by atoms with E-state index in [0.717, 1.165) is 27.3 Å². The molecule has 0 unspecified atom stereocenters. The molecular formula is C21H28FN3O2S. The maximum atomic E-state index is 12.9. The molecule has 7 heteroatoms. The van der Waals surface area contributed by atoms with E-state index < -0.39 is 15.8 Å². The Kier molecular flexibility index (Phi) is 11.3. The molecule has 0 aliphatic heterocycles. The first kappa shape index (κ1) is 25.2. The van der Waals surface area contributed by atoms with Crippen molar-refractivity contribution in [2.45, 2.75) is 39.5 Å². The molecule has 0 atom stereocenters. The van der Waals surface area contributed by atoms with Gasteiger partial charge in [-0.15, -0.1) is 22.3 Å². The molecule has 3 rings (SSSR count). The van der Waals surface area contributed by atoms with Crippen LogP contribution in [0, 0.1) is 12.7 Å². The summed E-state index contributed by atoms with van der Waals surface area (Å²) in [5.74, 6) is -0.502. The Morgan fingerprint density at radius 3 is 1.89 bits per heavy atom. The first-order chi connectivity index (χ1) is 13.5. The minimum absolute atomic E-state index is 0.0470. The molecule has 5 nitrogen and oxygen atoms in total. The van der Waals surface area contributed by atoms with Gasteiger partial charge in [-0.3, -0.25) is 0 Å². The topological polar surface area (TPSA) is 64.8 Å². The van der Waals surface area contributed by atoms with Crippen molar-refractivity contribution in [1.82, 2.24) is 14.4 Å². The second-order valence-electron chi connectivity index (χ2n) is 4.80. The zero-order chi connectivity index (χ0) is 21.7. The van der Waals surface area contributed by atoms with Crippen molar-refractivity contribution in [3.8, 4) is 11.3 Å². The Morgan fingerprint density at radius 2 is 1.39 bits per heavy atom. The lowest BCUT2D eigenvalue weighted by atomic mass is 10.1. The number of aryl methyl sites for hydroxylation is 1. The zero-order valence-electron chi connectivity index (χ0n) is 17.1. The molecule has 0 fully saturated rings. The molecule has 0 saturated heterocycles. The number of hydrogen-bond acceptors (Lipinski definition) is 4. The molecule has 0 amide bonds. The average Bonchev–Trinajstić information content (AvgIpc) is 3.25. The summed E-state index contributed by atoms with van der Waals surface area (Å²) in [6.45, 7) is 16.0. The van der Waals surface area contributed by atoms with Crippen LogP contribution in [0.1, 0.15) is 33.3 Å². The van der Waals surface area contributed by atoms with E-state index in [2.05, 4.69) is 23.5 Å². The average molecular weight is 406 g/mol. The molecule has 0 aliphatic rings. The molecule has 3 aromatic rings. The summed E-state index contributed by atoms with van der Waals surface area (Å²) in [7, 11) is -3.87. The van der Waals surface area contributed by atoms with Gasteiger partial charge in [0.25, 0.3) is 10.0 Å².